The molecule has 12 heteroatoms. The van der Waals surface area contributed by atoms with E-state index in [0.717, 1.165) is 4.68 Å². The fourth-order valence-corrected chi connectivity index (χ4v) is 2.86. The Morgan fingerprint density at radius 1 is 1.28 bits per heavy atom. The maximum Gasteiger partial charge on any atom is 0.311 e. The second kappa shape index (κ2) is 9.47. The number of hydrogen-bond acceptors (Lipinski definition) is 8. The van der Waals surface area contributed by atoms with E-state index >= 15 is 0 Å². The molecular weight excluding hydrogens is 420 g/mol. The smallest absolute Gasteiger partial charge is 0.311 e. The lowest BCUT2D eigenvalue weighted by Gasteiger charge is -2.03. The number of nitrogens with zero attached hydrogens (tertiary/aromatic N) is 4. The Kier molecular flexibility index (Phi) is 6.53. The number of non-ortho nitro benzene ring substituents is 1. The number of ether oxygens (including phenoxy) is 1. The van der Waals surface area contributed by atoms with Gasteiger partial charge in [-0.15, -0.1) is 0 Å². The molecule has 2 N–H and O–H groups in total. The van der Waals surface area contributed by atoms with E-state index in [-0.39, 0.29) is 34.6 Å². The van der Waals surface area contributed by atoms with Crippen LogP contribution in [-0.4, -0.2) is 44.4 Å². The quantitative estimate of drug-likeness (QED) is 0.243. The van der Waals surface area contributed by atoms with Crippen molar-refractivity contribution in [3.63, 3.8) is 0 Å². The Balaban J connectivity index is 1.99. The molecule has 2 heterocycles. The predicted molar refractivity (Wildman–Crippen MR) is 113 cm³/mol. The van der Waals surface area contributed by atoms with Gasteiger partial charge >= 0.3 is 5.97 Å². The summed E-state index contributed by atoms with van der Waals surface area (Å²) in [4.78, 5) is 51.3. The summed E-state index contributed by atoms with van der Waals surface area (Å²) in [6.45, 7) is 1.50. The molecule has 0 spiro atoms. The number of nitro groups is 1. The molecule has 3 rings (SSSR count). The number of nitro benzene ring substituents is 1. The lowest BCUT2D eigenvalue weighted by Crippen LogP contribution is -2.24. The fraction of sp³-hybridized carbons (Fsp3) is 0.150. The van der Waals surface area contributed by atoms with Gasteiger partial charge in [0, 0.05) is 24.5 Å². The minimum Gasteiger partial charge on any atom is -0.469 e. The Hall–Kier alpha value is -4.61. The molecule has 0 bridgehead atoms. The van der Waals surface area contributed by atoms with Gasteiger partial charge in [-0.3, -0.25) is 34.6 Å². The van der Waals surface area contributed by atoms with Crippen molar-refractivity contribution in [2.24, 2.45) is 5.10 Å². The van der Waals surface area contributed by atoms with Crippen molar-refractivity contribution in [3.8, 4) is 5.69 Å². The standard InChI is InChI=1S/C20H18N6O6/c1-12(22-23-19(28)13-4-3-9-21-11-13)18-16(10-17(27)32-2)24-25(20(18)29)14-5-7-15(8-6-14)26(30)31/h3-9,11,24H,10H2,1-2H3,(H,23,28)/b22-12+. The number of amides is 1. The summed E-state index contributed by atoms with van der Waals surface area (Å²) in [5.41, 5.74) is 2.63. The Morgan fingerprint density at radius 3 is 2.59 bits per heavy atom. The number of hydrazone groups is 1. The van der Waals surface area contributed by atoms with Gasteiger partial charge in [-0.2, -0.15) is 5.10 Å². The van der Waals surface area contributed by atoms with E-state index in [1.165, 1.54) is 50.7 Å². The number of aromatic amines is 1. The van der Waals surface area contributed by atoms with Crippen LogP contribution in [0.1, 0.15) is 28.5 Å². The van der Waals surface area contributed by atoms with Crippen molar-refractivity contribution in [1.29, 1.82) is 0 Å². The first kappa shape index (κ1) is 22.1. The number of esters is 1. The highest BCUT2D eigenvalue weighted by Crippen LogP contribution is 2.15. The first-order valence-electron chi connectivity index (χ1n) is 9.22. The molecule has 0 fully saturated rings. The molecule has 1 amide bonds. The van der Waals surface area contributed by atoms with Gasteiger partial charge in [0.1, 0.15) is 0 Å². The first-order valence-corrected chi connectivity index (χ1v) is 9.22. The molecule has 164 valence electrons. The molecular formula is C20H18N6O6. The van der Waals surface area contributed by atoms with Crippen LogP contribution in [0.3, 0.4) is 0 Å². The Morgan fingerprint density at radius 2 is 2.00 bits per heavy atom. The SMILES string of the molecule is COC(=O)Cc1[nH]n(-c2ccc([N+](=O)[O-])cc2)c(=O)c1/C(C)=N/NC(=O)c1cccnc1. The summed E-state index contributed by atoms with van der Waals surface area (Å²) in [5, 5.41) is 17.7. The van der Waals surface area contributed by atoms with E-state index < -0.39 is 22.4 Å². The number of nitrogens with one attached hydrogen (secondary N) is 2. The molecule has 12 nitrogen and oxygen atoms in total. The van der Waals surface area contributed by atoms with Crippen molar-refractivity contribution >= 4 is 23.3 Å². The van der Waals surface area contributed by atoms with Crippen molar-refractivity contribution in [2.45, 2.75) is 13.3 Å². The van der Waals surface area contributed by atoms with Crippen LogP contribution in [0.15, 0.2) is 58.7 Å². The van der Waals surface area contributed by atoms with Crippen molar-refractivity contribution in [3.05, 3.63) is 86.1 Å². The van der Waals surface area contributed by atoms with Crippen molar-refractivity contribution in [1.82, 2.24) is 20.2 Å². The lowest BCUT2D eigenvalue weighted by molar-refractivity contribution is -0.384. The Bertz CT molecular complexity index is 1240. The molecule has 0 aliphatic rings. The van der Waals surface area contributed by atoms with Gasteiger partial charge in [0.05, 0.1) is 46.7 Å². The summed E-state index contributed by atoms with van der Waals surface area (Å²) in [6.07, 6.45) is 2.62. The Labute approximate surface area is 180 Å². The monoisotopic (exact) mass is 438 g/mol. The highest BCUT2D eigenvalue weighted by molar-refractivity contribution is 6.02. The molecule has 3 aromatic rings. The van der Waals surface area contributed by atoms with Gasteiger partial charge in [0.15, 0.2) is 0 Å². The zero-order valence-electron chi connectivity index (χ0n) is 17.1. The normalized spacial score (nSPS) is 11.1. The summed E-state index contributed by atoms with van der Waals surface area (Å²) in [5.74, 6) is -1.13. The van der Waals surface area contributed by atoms with E-state index in [2.05, 4.69) is 25.3 Å². The van der Waals surface area contributed by atoms with E-state index in [9.17, 15) is 24.5 Å². The second-order valence-corrected chi connectivity index (χ2v) is 6.51. The third-order valence-corrected chi connectivity index (χ3v) is 4.44. The molecule has 1 aromatic carbocycles. The number of pyridine rings is 1. The van der Waals surface area contributed by atoms with Gasteiger partial charge in [-0.05, 0) is 31.2 Å². The van der Waals surface area contributed by atoms with Gasteiger partial charge in [-0.25, -0.2) is 10.1 Å². The van der Waals surface area contributed by atoms with Crippen LogP contribution in [-0.2, 0) is 16.0 Å². The third-order valence-electron chi connectivity index (χ3n) is 4.44. The van der Waals surface area contributed by atoms with Crippen LogP contribution in [0.25, 0.3) is 5.69 Å². The molecule has 0 aliphatic heterocycles. The zero-order chi connectivity index (χ0) is 23.3. The van der Waals surface area contributed by atoms with Crippen molar-refractivity contribution < 1.29 is 19.2 Å². The largest absolute Gasteiger partial charge is 0.469 e. The van der Waals surface area contributed by atoms with Crippen LogP contribution < -0.4 is 11.0 Å². The number of hydrogen-bond donors (Lipinski definition) is 2. The van der Waals surface area contributed by atoms with Gasteiger partial charge in [-0.1, -0.05) is 0 Å². The van der Waals surface area contributed by atoms with Gasteiger partial charge in [0.25, 0.3) is 17.2 Å². The zero-order valence-corrected chi connectivity index (χ0v) is 17.1. The van der Waals surface area contributed by atoms with E-state index in [0.29, 0.717) is 5.69 Å². The van der Waals surface area contributed by atoms with Crippen LogP contribution in [0, 0.1) is 10.1 Å². The minimum atomic E-state index is -0.601. The molecule has 0 saturated carbocycles. The average molecular weight is 438 g/mol. The van der Waals surface area contributed by atoms with Gasteiger partial charge in [0.2, 0.25) is 0 Å². The van der Waals surface area contributed by atoms with E-state index in [1.54, 1.807) is 12.1 Å². The topological polar surface area (TPSA) is 162 Å². The molecule has 0 aliphatic carbocycles. The highest BCUT2D eigenvalue weighted by atomic mass is 16.6. The molecule has 0 unspecified atom stereocenters. The third kappa shape index (κ3) is 4.75. The highest BCUT2D eigenvalue weighted by Gasteiger charge is 2.21. The summed E-state index contributed by atoms with van der Waals surface area (Å²) >= 11 is 0. The minimum absolute atomic E-state index is 0.0558. The summed E-state index contributed by atoms with van der Waals surface area (Å²) in [6, 6.07) is 8.41. The fourth-order valence-electron chi connectivity index (χ4n) is 2.86. The van der Waals surface area contributed by atoms with Gasteiger partial charge < -0.3 is 4.74 Å². The number of methoxy groups -OCH3 is 1. The van der Waals surface area contributed by atoms with Crippen LogP contribution in [0.4, 0.5) is 5.69 Å². The number of carbonyl (C=O) groups excluding carboxylic acids is 2. The maximum absolute atomic E-state index is 13.1. The van der Waals surface area contributed by atoms with Crippen LogP contribution in [0.2, 0.25) is 0 Å². The molecule has 32 heavy (non-hydrogen) atoms. The molecule has 0 radical (unpaired) electrons. The number of rotatable bonds is 7. The first-order chi connectivity index (χ1) is 15.3. The van der Waals surface area contributed by atoms with Crippen molar-refractivity contribution in [2.75, 3.05) is 7.11 Å². The molecule has 0 saturated heterocycles. The number of carbonyl (C=O) groups is 2. The second-order valence-electron chi connectivity index (χ2n) is 6.51. The number of benzene rings is 1. The summed E-state index contributed by atoms with van der Waals surface area (Å²) in [7, 11) is 1.21. The van der Waals surface area contributed by atoms with E-state index in [4.69, 9.17) is 0 Å². The average Bonchev–Trinajstić information content (AvgIpc) is 3.13. The molecule has 0 atom stereocenters. The number of aromatic nitrogens is 3. The maximum atomic E-state index is 13.1. The van der Waals surface area contributed by atoms with Crippen LogP contribution in [0.5, 0.6) is 0 Å². The molecule has 2 aromatic heterocycles. The van der Waals surface area contributed by atoms with E-state index in [1.807, 2.05) is 0 Å². The number of H-pyrrole nitrogens is 1. The summed E-state index contributed by atoms with van der Waals surface area (Å²) < 4.78 is 5.80. The van der Waals surface area contributed by atoms with Crippen LogP contribution >= 0.6 is 0 Å². The lowest BCUT2D eigenvalue weighted by atomic mass is 10.1. The predicted octanol–water partition coefficient (Wildman–Crippen LogP) is 1.34.